The van der Waals surface area contributed by atoms with Gasteiger partial charge in [0.05, 0.1) is 11.9 Å². The maximum atomic E-state index is 6.00. The average molecular weight is 347 g/mol. The number of hydrogen-bond acceptors (Lipinski definition) is 3. The number of benzene rings is 1. The van der Waals surface area contributed by atoms with E-state index < -0.39 is 0 Å². The highest BCUT2D eigenvalue weighted by atomic mass is 35.5. The molecule has 24 heavy (non-hydrogen) atoms. The highest BCUT2D eigenvalue weighted by Crippen LogP contribution is 2.30. The Kier molecular flexibility index (Phi) is 5.28. The summed E-state index contributed by atoms with van der Waals surface area (Å²) in [6, 6.07) is 8.56. The third kappa shape index (κ3) is 3.66. The van der Waals surface area contributed by atoms with Crippen molar-refractivity contribution >= 4 is 11.6 Å². The Morgan fingerprint density at radius 3 is 2.54 bits per heavy atom. The van der Waals surface area contributed by atoms with E-state index in [9.17, 15) is 0 Å². The monoisotopic (exact) mass is 346 g/mol. The zero-order valence-corrected chi connectivity index (χ0v) is 15.7. The van der Waals surface area contributed by atoms with Crippen LogP contribution in [-0.4, -0.2) is 53.2 Å². The largest absolute Gasteiger partial charge is 0.305 e. The van der Waals surface area contributed by atoms with Gasteiger partial charge in [0.1, 0.15) is 0 Å². The zero-order valence-electron chi connectivity index (χ0n) is 15.0. The fraction of sp³-hybridized carbons (Fsp3) is 0.526. The van der Waals surface area contributed by atoms with E-state index in [1.165, 1.54) is 5.56 Å². The van der Waals surface area contributed by atoms with Crippen molar-refractivity contribution in [2.45, 2.75) is 26.4 Å². The molecule has 0 bridgehead atoms. The van der Waals surface area contributed by atoms with Gasteiger partial charge in [-0.3, -0.25) is 10.00 Å². The third-order valence-electron chi connectivity index (χ3n) is 5.17. The molecule has 1 aromatic heterocycles. The molecule has 0 unspecified atom stereocenters. The Balaban J connectivity index is 1.76. The Morgan fingerprint density at radius 2 is 1.96 bits per heavy atom. The van der Waals surface area contributed by atoms with Crippen LogP contribution in [-0.2, 0) is 6.54 Å². The molecule has 0 aliphatic carbocycles. The topological polar surface area (TPSA) is 35.2 Å². The molecule has 0 saturated carbocycles. The average Bonchev–Trinajstić information content (AvgIpc) is 3.15. The van der Waals surface area contributed by atoms with Crippen LogP contribution < -0.4 is 0 Å². The van der Waals surface area contributed by atoms with Gasteiger partial charge in [-0.2, -0.15) is 5.10 Å². The number of nitrogens with zero attached hydrogens (tertiary/aromatic N) is 3. The van der Waals surface area contributed by atoms with E-state index in [1.54, 1.807) is 0 Å². The Morgan fingerprint density at radius 1 is 1.25 bits per heavy atom. The van der Waals surface area contributed by atoms with Gasteiger partial charge in [0.25, 0.3) is 0 Å². The lowest BCUT2D eigenvalue weighted by atomic mass is 9.91. The molecule has 1 N–H and O–H groups in total. The summed E-state index contributed by atoms with van der Waals surface area (Å²) in [5.74, 6) is 1.41. The maximum Gasteiger partial charge on any atom is 0.0695 e. The van der Waals surface area contributed by atoms with E-state index in [1.807, 2.05) is 30.5 Å². The number of likely N-dealkylation sites (N-methyl/N-ethyl adjacent to an activating group) is 1. The van der Waals surface area contributed by atoms with Crippen molar-refractivity contribution in [1.82, 2.24) is 20.0 Å². The van der Waals surface area contributed by atoms with Gasteiger partial charge in [-0.15, -0.1) is 0 Å². The van der Waals surface area contributed by atoms with Crippen LogP contribution in [0.5, 0.6) is 0 Å². The summed E-state index contributed by atoms with van der Waals surface area (Å²) in [5.41, 5.74) is 3.48. The molecule has 130 valence electrons. The first-order valence-corrected chi connectivity index (χ1v) is 9.00. The van der Waals surface area contributed by atoms with Gasteiger partial charge in [-0.25, -0.2) is 0 Å². The van der Waals surface area contributed by atoms with Gasteiger partial charge in [-0.1, -0.05) is 37.6 Å². The highest BCUT2D eigenvalue weighted by Gasteiger charge is 2.36. The van der Waals surface area contributed by atoms with Gasteiger partial charge < -0.3 is 4.90 Å². The lowest BCUT2D eigenvalue weighted by Gasteiger charge is -2.27. The predicted octanol–water partition coefficient (Wildman–Crippen LogP) is 3.75. The fourth-order valence-electron chi connectivity index (χ4n) is 3.76. The van der Waals surface area contributed by atoms with E-state index in [4.69, 9.17) is 11.6 Å². The lowest BCUT2D eigenvalue weighted by Crippen LogP contribution is -2.37. The molecule has 5 heteroatoms. The molecule has 1 aromatic carbocycles. The Bertz CT molecular complexity index is 646. The number of rotatable bonds is 5. The van der Waals surface area contributed by atoms with Gasteiger partial charge in [0.15, 0.2) is 0 Å². The van der Waals surface area contributed by atoms with Crippen LogP contribution in [0.3, 0.4) is 0 Å². The molecule has 2 atom stereocenters. The highest BCUT2D eigenvalue weighted by molar-refractivity contribution is 6.30. The van der Waals surface area contributed by atoms with Gasteiger partial charge >= 0.3 is 0 Å². The van der Waals surface area contributed by atoms with Crippen molar-refractivity contribution in [3.8, 4) is 11.3 Å². The molecule has 0 radical (unpaired) electrons. The number of aromatic nitrogens is 2. The Labute approximate surface area is 149 Å². The van der Waals surface area contributed by atoms with Crippen molar-refractivity contribution in [3.05, 3.63) is 41.0 Å². The molecular weight excluding hydrogens is 320 g/mol. The van der Waals surface area contributed by atoms with Gasteiger partial charge in [-0.05, 0) is 43.6 Å². The molecule has 1 fully saturated rings. The molecule has 4 nitrogen and oxygen atoms in total. The molecule has 2 aromatic rings. The van der Waals surface area contributed by atoms with E-state index in [0.717, 1.165) is 35.9 Å². The van der Waals surface area contributed by atoms with Crippen LogP contribution in [0.4, 0.5) is 0 Å². The number of H-pyrrole nitrogens is 1. The van der Waals surface area contributed by atoms with Gasteiger partial charge in [0, 0.05) is 36.3 Å². The summed E-state index contributed by atoms with van der Waals surface area (Å²) < 4.78 is 0. The number of nitrogens with one attached hydrogen (secondary N) is 1. The van der Waals surface area contributed by atoms with Crippen LogP contribution in [0.25, 0.3) is 11.3 Å². The molecule has 2 heterocycles. The minimum Gasteiger partial charge on any atom is -0.305 e. The lowest BCUT2D eigenvalue weighted by molar-refractivity contribution is 0.215. The first-order chi connectivity index (χ1) is 11.5. The summed E-state index contributed by atoms with van der Waals surface area (Å²) in [7, 11) is 4.39. The molecule has 3 rings (SSSR count). The van der Waals surface area contributed by atoms with Crippen LogP contribution in [0, 0.1) is 11.8 Å². The molecule has 1 saturated heterocycles. The Hall–Kier alpha value is -1.36. The first-order valence-electron chi connectivity index (χ1n) is 8.62. The minimum absolute atomic E-state index is 0.621. The normalized spacial score (nSPS) is 22.0. The van der Waals surface area contributed by atoms with Crippen LogP contribution in [0.2, 0.25) is 5.02 Å². The molecule has 1 aliphatic heterocycles. The van der Waals surface area contributed by atoms with E-state index in [-0.39, 0.29) is 0 Å². The second-order valence-corrected chi connectivity index (χ2v) is 7.85. The SMILES string of the molecule is CC(C)[C@H]1CN(Cc2cn[nH]c2-c2ccc(Cl)cc2)C[C@@H]1N(C)C. The van der Waals surface area contributed by atoms with Crippen molar-refractivity contribution in [3.63, 3.8) is 0 Å². The quantitative estimate of drug-likeness (QED) is 0.895. The molecule has 0 spiro atoms. The first kappa shape index (κ1) is 17.5. The number of halogens is 1. The maximum absolute atomic E-state index is 6.00. The van der Waals surface area contributed by atoms with Crippen LogP contribution in [0.15, 0.2) is 30.5 Å². The van der Waals surface area contributed by atoms with E-state index >= 15 is 0 Å². The predicted molar refractivity (Wildman–Crippen MR) is 100 cm³/mol. The summed E-state index contributed by atoms with van der Waals surface area (Å²) in [4.78, 5) is 4.93. The summed E-state index contributed by atoms with van der Waals surface area (Å²) in [6.45, 7) is 7.86. The van der Waals surface area contributed by atoms with Gasteiger partial charge in [0.2, 0.25) is 0 Å². The van der Waals surface area contributed by atoms with Crippen molar-refractivity contribution < 1.29 is 0 Å². The summed E-state index contributed by atoms with van der Waals surface area (Å²) in [6.07, 6.45) is 1.96. The summed E-state index contributed by atoms with van der Waals surface area (Å²) in [5, 5.41) is 8.19. The summed E-state index contributed by atoms with van der Waals surface area (Å²) >= 11 is 6.00. The van der Waals surface area contributed by atoms with Crippen LogP contribution >= 0.6 is 11.6 Å². The van der Waals surface area contributed by atoms with E-state index in [0.29, 0.717) is 17.9 Å². The molecule has 0 amide bonds. The second-order valence-electron chi connectivity index (χ2n) is 7.41. The van der Waals surface area contributed by atoms with Crippen molar-refractivity contribution in [2.75, 3.05) is 27.2 Å². The minimum atomic E-state index is 0.621. The van der Waals surface area contributed by atoms with Crippen molar-refractivity contribution in [2.24, 2.45) is 11.8 Å². The third-order valence-corrected chi connectivity index (χ3v) is 5.42. The van der Waals surface area contributed by atoms with E-state index in [2.05, 4.69) is 47.9 Å². The standard InChI is InChI=1S/C19H27ClN4/c1-13(2)17-11-24(12-18(17)23(3)4)10-15-9-21-22-19(15)14-5-7-16(20)8-6-14/h5-9,13,17-18H,10-12H2,1-4H3,(H,21,22)/t17-,18+/m1/s1. The fourth-order valence-corrected chi connectivity index (χ4v) is 3.89. The number of hydrogen-bond donors (Lipinski definition) is 1. The smallest absolute Gasteiger partial charge is 0.0695 e. The second kappa shape index (κ2) is 7.26. The van der Waals surface area contributed by atoms with Crippen molar-refractivity contribution in [1.29, 1.82) is 0 Å². The zero-order chi connectivity index (χ0) is 17.3. The van der Waals surface area contributed by atoms with Crippen LogP contribution in [0.1, 0.15) is 19.4 Å². The number of aromatic amines is 1. The molecular formula is C19H27ClN4. The molecule has 1 aliphatic rings. The number of likely N-dealkylation sites (tertiary alicyclic amines) is 1.